The van der Waals surface area contributed by atoms with Crippen LogP contribution in [0.25, 0.3) is 5.69 Å². The molecule has 0 fully saturated rings. The number of carbonyl (C=O) groups excluding carboxylic acids is 1. The van der Waals surface area contributed by atoms with E-state index in [4.69, 9.17) is 4.74 Å². The zero-order chi connectivity index (χ0) is 14.5. The van der Waals surface area contributed by atoms with Gasteiger partial charge < -0.3 is 10.1 Å². The monoisotopic (exact) mass is 277 g/mol. The smallest absolute Gasteiger partial charge is 0.275 e. The number of carbonyl (C=O) groups is 1. The number of nitrogens with zero attached hydrogens (tertiary/aromatic N) is 2. The topological polar surface area (TPSA) is 56.2 Å². The predicted molar refractivity (Wildman–Crippen MR) is 72.7 cm³/mol. The van der Waals surface area contributed by atoms with Gasteiger partial charge in [0.05, 0.1) is 19.0 Å². The second kappa shape index (κ2) is 6.18. The number of hydrogen-bond donors (Lipinski definition) is 1. The van der Waals surface area contributed by atoms with Crippen molar-refractivity contribution in [3.8, 4) is 11.4 Å². The lowest BCUT2D eigenvalue weighted by atomic mass is 10.3. The first-order valence-corrected chi connectivity index (χ1v) is 6.33. The maximum absolute atomic E-state index is 12.9. The first-order valence-electron chi connectivity index (χ1n) is 6.33. The predicted octanol–water partition coefficient (Wildman–Crippen LogP) is 2.16. The second-order valence-electron chi connectivity index (χ2n) is 4.22. The highest BCUT2D eigenvalue weighted by molar-refractivity contribution is 5.94. The van der Waals surface area contributed by atoms with Gasteiger partial charge in [-0.1, -0.05) is 6.92 Å². The highest BCUT2D eigenvalue weighted by Crippen LogP contribution is 2.19. The second-order valence-corrected chi connectivity index (χ2v) is 4.22. The van der Waals surface area contributed by atoms with Crippen molar-refractivity contribution >= 4 is 5.91 Å². The zero-order valence-electron chi connectivity index (χ0n) is 11.4. The van der Waals surface area contributed by atoms with Crippen LogP contribution < -0.4 is 10.1 Å². The van der Waals surface area contributed by atoms with E-state index < -0.39 is 0 Å². The van der Waals surface area contributed by atoms with Crippen LogP contribution >= 0.6 is 0 Å². The molecule has 20 heavy (non-hydrogen) atoms. The number of halogens is 1. The van der Waals surface area contributed by atoms with E-state index in [2.05, 4.69) is 10.4 Å². The number of hydrogen-bond acceptors (Lipinski definition) is 3. The molecule has 6 heteroatoms. The highest BCUT2D eigenvalue weighted by Gasteiger charge is 2.17. The van der Waals surface area contributed by atoms with E-state index in [1.807, 2.05) is 6.92 Å². The summed E-state index contributed by atoms with van der Waals surface area (Å²) in [6.45, 7) is 2.54. The third-order valence-corrected chi connectivity index (χ3v) is 2.74. The van der Waals surface area contributed by atoms with Gasteiger partial charge in [0.25, 0.3) is 5.91 Å². The van der Waals surface area contributed by atoms with Crippen LogP contribution in [0.4, 0.5) is 4.39 Å². The third-order valence-electron chi connectivity index (χ3n) is 2.74. The van der Waals surface area contributed by atoms with Crippen molar-refractivity contribution in [3.63, 3.8) is 0 Å². The van der Waals surface area contributed by atoms with Crippen molar-refractivity contribution in [2.24, 2.45) is 0 Å². The molecule has 0 aliphatic carbocycles. The maximum atomic E-state index is 12.9. The summed E-state index contributed by atoms with van der Waals surface area (Å²) in [5, 5.41) is 6.93. The number of aromatic nitrogens is 2. The Bertz CT molecular complexity index is 593. The summed E-state index contributed by atoms with van der Waals surface area (Å²) in [6, 6.07) is 5.83. The van der Waals surface area contributed by atoms with Crippen LogP contribution in [0, 0.1) is 5.82 Å². The maximum Gasteiger partial charge on any atom is 0.275 e. The molecule has 1 aromatic heterocycles. The summed E-state index contributed by atoms with van der Waals surface area (Å²) in [5.41, 5.74) is 0.865. The molecule has 0 spiro atoms. The normalized spacial score (nSPS) is 10.3. The largest absolute Gasteiger partial charge is 0.493 e. The Balaban J connectivity index is 2.30. The quantitative estimate of drug-likeness (QED) is 0.911. The van der Waals surface area contributed by atoms with Gasteiger partial charge in [0, 0.05) is 6.54 Å². The van der Waals surface area contributed by atoms with Gasteiger partial charge in [0.15, 0.2) is 11.4 Å². The number of methoxy groups -OCH3 is 1. The molecule has 1 amide bonds. The fourth-order valence-corrected chi connectivity index (χ4v) is 1.71. The molecule has 2 rings (SSSR count). The highest BCUT2D eigenvalue weighted by atomic mass is 19.1. The van der Waals surface area contributed by atoms with E-state index in [0.29, 0.717) is 18.0 Å². The van der Waals surface area contributed by atoms with Crippen molar-refractivity contribution in [2.75, 3.05) is 13.7 Å². The Morgan fingerprint density at radius 1 is 1.40 bits per heavy atom. The van der Waals surface area contributed by atoms with E-state index in [1.165, 1.54) is 23.9 Å². The zero-order valence-corrected chi connectivity index (χ0v) is 11.4. The number of rotatable bonds is 5. The van der Waals surface area contributed by atoms with Crippen LogP contribution in [0.1, 0.15) is 23.8 Å². The molecule has 1 N–H and O–H groups in total. The standard InChI is InChI=1S/C14H16FN3O2/c1-3-8-16-14(19)13-12(20-2)9-18(17-13)11-6-4-10(15)5-7-11/h4-7,9H,3,8H2,1-2H3,(H,16,19). The first-order chi connectivity index (χ1) is 9.65. The molecule has 0 aliphatic rings. The molecule has 0 radical (unpaired) electrons. The van der Waals surface area contributed by atoms with Crippen LogP contribution in [-0.2, 0) is 0 Å². The van der Waals surface area contributed by atoms with Crippen molar-refractivity contribution in [1.29, 1.82) is 0 Å². The summed E-state index contributed by atoms with van der Waals surface area (Å²) in [4.78, 5) is 12.0. The number of nitrogens with one attached hydrogen (secondary N) is 1. The molecule has 106 valence electrons. The van der Waals surface area contributed by atoms with Crippen LogP contribution in [0.3, 0.4) is 0 Å². The van der Waals surface area contributed by atoms with Crippen LogP contribution in [0.5, 0.6) is 5.75 Å². The fourth-order valence-electron chi connectivity index (χ4n) is 1.71. The number of ether oxygens (including phenoxy) is 1. The lowest BCUT2D eigenvalue weighted by Gasteiger charge is -2.02. The van der Waals surface area contributed by atoms with E-state index in [1.54, 1.807) is 18.3 Å². The Kier molecular flexibility index (Phi) is 4.34. The summed E-state index contributed by atoms with van der Waals surface area (Å²) < 4.78 is 19.5. The van der Waals surface area contributed by atoms with Gasteiger partial charge in [0.2, 0.25) is 0 Å². The summed E-state index contributed by atoms with van der Waals surface area (Å²) in [7, 11) is 1.47. The lowest BCUT2D eigenvalue weighted by Crippen LogP contribution is -2.25. The van der Waals surface area contributed by atoms with E-state index in [-0.39, 0.29) is 17.4 Å². The van der Waals surface area contributed by atoms with Gasteiger partial charge in [0.1, 0.15) is 5.82 Å². The molecule has 0 aliphatic heterocycles. The molecule has 1 heterocycles. The first kappa shape index (κ1) is 14.0. The Labute approximate surface area is 116 Å². The average molecular weight is 277 g/mol. The molecule has 2 aromatic rings. The Morgan fingerprint density at radius 3 is 2.70 bits per heavy atom. The van der Waals surface area contributed by atoms with Gasteiger partial charge in [-0.15, -0.1) is 0 Å². The Hall–Kier alpha value is -2.37. The Morgan fingerprint density at radius 2 is 2.10 bits per heavy atom. The van der Waals surface area contributed by atoms with E-state index in [9.17, 15) is 9.18 Å². The van der Waals surface area contributed by atoms with Gasteiger partial charge in [-0.25, -0.2) is 9.07 Å². The van der Waals surface area contributed by atoms with Gasteiger partial charge in [-0.05, 0) is 30.7 Å². The van der Waals surface area contributed by atoms with E-state index >= 15 is 0 Å². The molecular weight excluding hydrogens is 261 g/mol. The molecular formula is C14H16FN3O2. The molecule has 5 nitrogen and oxygen atoms in total. The van der Waals surface area contributed by atoms with E-state index in [0.717, 1.165) is 6.42 Å². The molecule has 0 atom stereocenters. The van der Waals surface area contributed by atoms with Crippen molar-refractivity contribution in [3.05, 3.63) is 42.0 Å². The van der Waals surface area contributed by atoms with Crippen molar-refractivity contribution in [1.82, 2.24) is 15.1 Å². The van der Waals surface area contributed by atoms with Crippen molar-refractivity contribution < 1.29 is 13.9 Å². The molecule has 0 bridgehead atoms. The molecule has 1 aromatic carbocycles. The van der Waals surface area contributed by atoms with Gasteiger partial charge >= 0.3 is 0 Å². The molecule has 0 saturated carbocycles. The lowest BCUT2D eigenvalue weighted by molar-refractivity contribution is 0.0945. The van der Waals surface area contributed by atoms with Crippen molar-refractivity contribution in [2.45, 2.75) is 13.3 Å². The van der Waals surface area contributed by atoms with Gasteiger partial charge in [-0.2, -0.15) is 5.10 Å². The third kappa shape index (κ3) is 2.96. The van der Waals surface area contributed by atoms with Gasteiger partial charge in [-0.3, -0.25) is 4.79 Å². The summed E-state index contributed by atoms with van der Waals surface area (Å²) in [6.07, 6.45) is 2.43. The number of amides is 1. The van der Waals surface area contributed by atoms with Crippen LogP contribution in [-0.4, -0.2) is 29.3 Å². The molecule has 0 unspecified atom stereocenters. The van der Waals surface area contributed by atoms with Crippen LogP contribution in [0.2, 0.25) is 0 Å². The summed E-state index contributed by atoms with van der Waals surface area (Å²) >= 11 is 0. The minimum atomic E-state index is -0.325. The minimum Gasteiger partial charge on any atom is -0.493 e. The minimum absolute atomic E-state index is 0.213. The SMILES string of the molecule is CCCNC(=O)c1nn(-c2ccc(F)cc2)cc1OC. The average Bonchev–Trinajstić information content (AvgIpc) is 2.89. The number of benzene rings is 1. The molecule has 0 saturated heterocycles. The fraction of sp³-hybridized carbons (Fsp3) is 0.286. The van der Waals surface area contributed by atoms with Crippen LogP contribution in [0.15, 0.2) is 30.5 Å². The summed E-state index contributed by atoms with van der Waals surface area (Å²) in [5.74, 6) is -0.235.